The Hall–Kier alpha value is -1.22. The van der Waals surface area contributed by atoms with Gasteiger partial charge in [-0.3, -0.25) is 4.99 Å². The zero-order chi connectivity index (χ0) is 11.1. The van der Waals surface area contributed by atoms with Crippen LogP contribution in [0.15, 0.2) is 29.3 Å². The van der Waals surface area contributed by atoms with Gasteiger partial charge in [-0.15, -0.1) is 0 Å². The zero-order valence-corrected chi connectivity index (χ0v) is 9.62. The number of halogens is 1. The summed E-state index contributed by atoms with van der Waals surface area (Å²) in [7, 11) is 0. The zero-order valence-electron chi connectivity index (χ0n) is 8.87. The molecule has 0 saturated heterocycles. The maximum absolute atomic E-state index is 6.14. The van der Waals surface area contributed by atoms with E-state index in [1.807, 2.05) is 29.2 Å². The molecule has 1 aliphatic rings. The van der Waals surface area contributed by atoms with E-state index < -0.39 is 0 Å². The van der Waals surface area contributed by atoms with Crippen molar-refractivity contribution in [2.24, 2.45) is 10.7 Å². The van der Waals surface area contributed by atoms with Gasteiger partial charge in [0.2, 0.25) is 0 Å². The topological polar surface area (TPSA) is 41.6 Å². The lowest BCUT2D eigenvalue weighted by molar-refractivity contribution is 0.557. The molecule has 3 nitrogen and oxygen atoms in total. The first-order chi connectivity index (χ1) is 7.02. The first kappa shape index (κ1) is 10.3. The van der Waals surface area contributed by atoms with Crippen LogP contribution in [0.2, 0.25) is 5.02 Å². The van der Waals surface area contributed by atoms with Gasteiger partial charge >= 0.3 is 0 Å². The number of hydrogen-bond donors (Lipinski definition) is 1. The van der Waals surface area contributed by atoms with Gasteiger partial charge in [0.25, 0.3) is 0 Å². The number of hydrogen-bond acceptors (Lipinski definition) is 3. The third-order valence-electron chi connectivity index (χ3n) is 2.56. The molecule has 1 aliphatic heterocycles. The first-order valence-corrected chi connectivity index (χ1v) is 5.25. The molecule has 80 valence electrons. The van der Waals surface area contributed by atoms with Crippen LogP contribution < -0.4 is 10.6 Å². The molecule has 0 unspecified atom stereocenters. The van der Waals surface area contributed by atoms with Crippen molar-refractivity contribution in [1.29, 1.82) is 0 Å². The molecule has 0 atom stereocenters. The standard InChI is InChI=1S/C11H14ClN3/c1-11(2)7-14-10(13)15(11)9-6-4-3-5-8(9)12/h3-6H,7H2,1-2H3,(H2,13,14). The molecule has 0 spiro atoms. The fourth-order valence-corrected chi connectivity index (χ4v) is 2.03. The number of anilines is 1. The van der Waals surface area contributed by atoms with Gasteiger partial charge in [-0.05, 0) is 26.0 Å². The highest BCUT2D eigenvalue weighted by Crippen LogP contribution is 2.33. The highest BCUT2D eigenvalue weighted by atomic mass is 35.5. The van der Waals surface area contributed by atoms with Crippen LogP contribution in [0.3, 0.4) is 0 Å². The Morgan fingerprint density at radius 3 is 2.60 bits per heavy atom. The van der Waals surface area contributed by atoms with Crippen molar-refractivity contribution in [3.63, 3.8) is 0 Å². The smallest absolute Gasteiger partial charge is 0.196 e. The van der Waals surface area contributed by atoms with Gasteiger partial charge in [0.05, 0.1) is 22.8 Å². The molecule has 2 N–H and O–H groups in total. The number of aliphatic imine (C=N–C) groups is 1. The molecular formula is C11H14ClN3. The quantitative estimate of drug-likeness (QED) is 0.794. The Morgan fingerprint density at radius 2 is 2.07 bits per heavy atom. The summed E-state index contributed by atoms with van der Waals surface area (Å²) in [6.07, 6.45) is 0. The van der Waals surface area contributed by atoms with Crippen molar-refractivity contribution < 1.29 is 0 Å². The van der Waals surface area contributed by atoms with Crippen molar-refractivity contribution in [2.45, 2.75) is 19.4 Å². The summed E-state index contributed by atoms with van der Waals surface area (Å²) in [4.78, 5) is 6.23. The summed E-state index contributed by atoms with van der Waals surface area (Å²) in [5.41, 5.74) is 6.69. The largest absolute Gasteiger partial charge is 0.369 e. The van der Waals surface area contributed by atoms with Crippen LogP contribution in [0.25, 0.3) is 0 Å². The van der Waals surface area contributed by atoms with Crippen LogP contribution in [0.1, 0.15) is 13.8 Å². The molecule has 0 saturated carbocycles. The molecule has 15 heavy (non-hydrogen) atoms. The van der Waals surface area contributed by atoms with Crippen molar-refractivity contribution in [1.82, 2.24) is 0 Å². The molecule has 0 amide bonds. The van der Waals surface area contributed by atoms with Crippen molar-refractivity contribution >= 4 is 23.2 Å². The summed E-state index contributed by atoms with van der Waals surface area (Å²) in [5.74, 6) is 0.535. The van der Waals surface area contributed by atoms with E-state index >= 15 is 0 Å². The fraction of sp³-hybridized carbons (Fsp3) is 0.364. The molecule has 1 heterocycles. The summed E-state index contributed by atoms with van der Waals surface area (Å²) >= 11 is 6.14. The Labute approximate surface area is 94.5 Å². The highest BCUT2D eigenvalue weighted by molar-refractivity contribution is 6.34. The second-order valence-electron chi connectivity index (χ2n) is 4.27. The van der Waals surface area contributed by atoms with Gasteiger partial charge in [-0.1, -0.05) is 23.7 Å². The Bertz CT molecular complexity index is 412. The molecule has 1 aromatic rings. The Kier molecular flexibility index (Phi) is 2.35. The maximum atomic E-state index is 6.14. The fourth-order valence-electron chi connectivity index (χ4n) is 1.81. The van der Waals surface area contributed by atoms with Crippen LogP contribution in [0.4, 0.5) is 5.69 Å². The predicted octanol–water partition coefficient (Wildman–Crippen LogP) is 2.25. The van der Waals surface area contributed by atoms with Gasteiger partial charge in [0.15, 0.2) is 5.96 Å². The van der Waals surface area contributed by atoms with Crippen molar-refractivity contribution in [3.05, 3.63) is 29.3 Å². The molecule has 0 aliphatic carbocycles. The molecule has 4 heteroatoms. The normalized spacial score (nSPS) is 19.1. The van der Waals surface area contributed by atoms with E-state index in [0.717, 1.165) is 5.69 Å². The van der Waals surface area contributed by atoms with E-state index in [1.54, 1.807) is 0 Å². The first-order valence-electron chi connectivity index (χ1n) is 4.87. The molecule has 0 radical (unpaired) electrons. The van der Waals surface area contributed by atoms with Gasteiger partial charge in [-0.25, -0.2) is 0 Å². The number of nitrogens with two attached hydrogens (primary N) is 1. The summed E-state index contributed by atoms with van der Waals surface area (Å²) in [6, 6.07) is 7.67. The molecule has 0 aromatic heterocycles. The Morgan fingerprint density at radius 1 is 1.40 bits per heavy atom. The summed E-state index contributed by atoms with van der Waals surface area (Å²) in [5, 5.41) is 0.700. The number of rotatable bonds is 1. The lowest BCUT2D eigenvalue weighted by Crippen LogP contribution is -2.47. The molecular weight excluding hydrogens is 210 g/mol. The van der Waals surface area contributed by atoms with E-state index in [-0.39, 0.29) is 5.54 Å². The van der Waals surface area contributed by atoms with Crippen molar-refractivity contribution in [3.8, 4) is 0 Å². The van der Waals surface area contributed by atoms with Crippen LogP contribution in [0, 0.1) is 0 Å². The van der Waals surface area contributed by atoms with Crippen molar-refractivity contribution in [2.75, 3.05) is 11.4 Å². The van der Waals surface area contributed by atoms with Crippen LogP contribution in [0.5, 0.6) is 0 Å². The van der Waals surface area contributed by atoms with Gasteiger partial charge < -0.3 is 10.6 Å². The van der Waals surface area contributed by atoms with E-state index in [4.69, 9.17) is 17.3 Å². The minimum absolute atomic E-state index is 0.102. The van der Waals surface area contributed by atoms with Gasteiger partial charge in [-0.2, -0.15) is 0 Å². The predicted molar refractivity (Wildman–Crippen MR) is 64.5 cm³/mol. The van der Waals surface area contributed by atoms with E-state index in [0.29, 0.717) is 17.5 Å². The van der Waals surface area contributed by atoms with E-state index in [9.17, 15) is 0 Å². The molecule has 0 bridgehead atoms. The average molecular weight is 224 g/mol. The minimum Gasteiger partial charge on any atom is -0.369 e. The lowest BCUT2D eigenvalue weighted by Gasteiger charge is -2.33. The second-order valence-corrected chi connectivity index (χ2v) is 4.68. The number of guanidine groups is 1. The van der Waals surface area contributed by atoms with E-state index in [2.05, 4.69) is 18.8 Å². The van der Waals surface area contributed by atoms with Crippen LogP contribution in [-0.4, -0.2) is 18.0 Å². The number of benzene rings is 1. The van der Waals surface area contributed by atoms with Crippen LogP contribution >= 0.6 is 11.6 Å². The molecule has 2 rings (SSSR count). The monoisotopic (exact) mass is 223 g/mol. The minimum atomic E-state index is -0.102. The molecule has 0 fully saturated rings. The third kappa shape index (κ3) is 1.67. The van der Waals surface area contributed by atoms with Gasteiger partial charge in [0.1, 0.15) is 0 Å². The number of para-hydroxylation sites is 1. The summed E-state index contributed by atoms with van der Waals surface area (Å²) in [6.45, 7) is 4.89. The average Bonchev–Trinajstić information content (AvgIpc) is 2.43. The summed E-state index contributed by atoms with van der Waals surface area (Å²) < 4.78 is 0. The SMILES string of the molecule is CC1(C)CN=C(N)N1c1ccccc1Cl. The lowest BCUT2D eigenvalue weighted by atomic mass is 10.0. The van der Waals surface area contributed by atoms with Gasteiger partial charge in [0, 0.05) is 0 Å². The maximum Gasteiger partial charge on any atom is 0.196 e. The van der Waals surface area contributed by atoms with Crippen LogP contribution in [-0.2, 0) is 0 Å². The van der Waals surface area contributed by atoms with E-state index in [1.165, 1.54) is 0 Å². The Balaban J connectivity index is 2.47. The second kappa shape index (κ2) is 3.42. The highest BCUT2D eigenvalue weighted by Gasteiger charge is 2.35. The molecule has 1 aromatic carbocycles. The third-order valence-corrected chi connectivity index (χ3v) is 2.88. The number of nitrogens with zero attached hydrogens (tertiary/aromatic N) is 2.